The smallest absolute Gasteiger partial charge is 0.410 e. The fourth-order valence-corrected chi connectivity index (χ4v) is 3.88. The number of hydrogen-bond donors (Lipinski definition) is 1. The van der Waals surface area contributed by atoms with Crippen molar-refractivity contribution >= 4 is 34.4 Å². The van der Waals surface area contributed by atoms with Gasteiger partial charge in [-0.2, -0.15) is 0 Å². The molecule has 1 aliphatic rings. The molecule has 1 N–H and O–H groups in total. The first kappa shape index (κ1) is 23.2. The number of aliphatic hydroxyl groups excluding tert-OH is 1. The molecule has 1 aromatic carbocycles. The standard InChI is InChI=1S/C22H28ClN3O5/c1-13-8-17-15(10-16(13)23)20(29)25(12-24-17)11-14(27)9-18-19(28)6-5-7-26(18)21(30)31-22(2,3)4/h8,10,12,18-19,28H,5-7,9,11H2,1-4H3/t18-,19+/m1/s1. The summed E-state index contributed by atoms with van der Waals surface area (Å²) in [5.74, 6) is -0.291. The topological polar surface area (TPSA) is 102 Å². The molecule has 0 aliphatic carbocycles. The Balaban J connectivity index is 1.78. The van der Waals surface area contributed by atoms with Gasteiger partial charge < -0.3 is 14.7 Å². The van der Waals surface area contributed by atoms with E-state index in [0.717, 1.165) is 5.56 Å². The Bertz CT molecular complexity index is 1060. The first-order chi connectivity index (χ1) is 14.5. The predicted molar refractivity (Wildman–Crippen MR) is 117 cm³/mol. The zero-order chi connectivity index (χ0) is 22.9. The second kappa shape index (κ2) is 8.96. The lowest BCUT2D eigenvalue weighted by molar-refractivity contribution is -0.122. The number of aliphatic hydroxyl groups is 1. The van der Waals surface area contributed by atoms with Crippen LogP contribution in [0.5, 0.6) is 0 Å². The molecule has 2 atom stereocenters. The SMILES string of the molecule is Cc1cc2ncn(CC(=O)C[C@@H]3[C@@H](O)CCCN3C(=O)OC(C)(C)C)c(=O)c2cc1Cl. The van der Waals surface area contributed by atoms with Gasteiger partial charge in [0.2, 0.25) is 0 Å². The van der Waals surface area contributed by atoms with Gasteiger partial charge in [-0.25, -0.2) is 9.78 Å². The van der Waals surface area contributed by atoms with Crippen molar-refractivity contribution in [1.29, 1.82) is 0 Å². The Morgan fingerprint density at radius 3 is 2.71 bits per heavy atom. The summed E-state index contributed by atoms with van der Waals surface area (Å²) in [4.78, 5) is 43.8. The Kier molecular flexibility index (Phi) is 6.71. The second-order valence-corrected chi connectivity index (χ2v) is 9.40. The maximum absolute atomic E-state index is 12.8. The number of fused-ring (bicyclic) bond motifs is 1. The number of amides is 1. The Labute approximate surface area is 185 Å². The quantitative estimate of drug-likeness (QED) is 0.769. The largest absolute Gasteiger partial charge is 0.444 e. The molecule has 1 aromatic heterocycles. The van der Waals surface area contributed by atoms with Gasteiger partial charge in [0.1, 0.15) is 5.60 Å². The van der Waals surface area contributed by atoms with Crippen LogP contribution in [-0.4, -0.2) is 55.7 Å². The Morgan fingerprint density at radius 2 is 2.03 bits per heavy atom. The van der Waals surface area contributed by atoms with Gasteiger partial charge >= 0.3 is 6.09 Å². The van der Waals surface area contributed by atoms with Crippen LogP contribution >= 0.6 is 11.6 Å². The van der Waals surface area contributed by atoms with Gasteiger partial charge in [0, 0.05) is 18.0 Å². The molecule has 1 aliphatic heterocycles. The highest BCUT2D eigenvalue weighted by Gasteiger charge is 2.36. The summed E-state index contributed by atoms with van der Waals surface area (Å²) in [6.45, 7) is 7.30. The van der Waals surface area contributed by atoms with Crippen LogP contribution in [0.3, 0.4) is 0 Å². The number of aryl methyl sites for hydroxylation is 1. The van der Waals surface area contributed by atoms with Crippen LogP contribution in [0.25, 0.3) is 10.9 Å². The van der Waals surface area contributed by atoms with Gasteiger partial charge in [0.15, 0.2) is 5.78 Å². The molecule has 2 heterocycles. The lowest BCUT2D eigenvalue weighted by Crippen LogP contribution is -2.53. The number of carbonyl (C=O) groups excluding carboxylic acids is 2. The third-order valence-electron chi connectivity index (χ3n) is 5.26. The lowest BCUT2D eigenvalue weighted by Gasteiger charge is -2.39. The zero-order valence-corrected chi connectivity index (χ0v) is 19.0. The third kappa shape index (κ3) is 5.43. The minimum atomic E-state index is -0.835. The van der Waals surface area contributed by atoms with E-state index in [-0.39, 0.29) is 24.3 Å². The van der Waals surface area contributed by atoms with E-state index in [0.29, 0.717) is 35.3 Å². The van der Waals surface area contributed by atoms with E-state index in [1.165, 1.54) is 15.8 Å². The molecule has 0 radical (unpaired) electrons. The molecule has 2 aromatic rings. The summed E-state index contributed by atoms with van der Waals surface area (Å²) in [7, 11) is 0. The monoisotopic (exact) mass is 449 g/mol. The first-order valence-electron chi connectivity index (χ1n) is 10.3. The molecule has 1 amide bonds. The van der Waals surface area contributed by atoms with Crippen LogP contribution in [0.15, 0.2) is 23.3 Å². The van der Waals surface area contributed by atoms with Gasteiger partial charge in [0.05, 0.1) is 35.9 Å². The average molecular weight is 450 g/mol. The van der Waals surface area contributed by atoms with Gasteiger partial charge in [-0.05, 0) is 58.2 Å². The molecule has 3 rings (SSSR count). The van der Waals surface area contributed by atoms with Crippen LogP contribution in [0.1, 0.15) is 45.6 Å². The Hall–Kier alpha value is -2.45. The number of ether oxygens (including phenoxy) is 1. The lowest BCUT2D eigenvalue weighted by atomic mass is 9.95. The molecule has 31 heavy (non-hydrogen) atoms. The van der Waals surface area contributed by atoms with E-state index in [1.54, 1.807) is 32.9 Å². The van der Waals surface area contributed by atoms with E-state index >= 15 is 0 Å². The highest BCUT2D eigenvalue weighted by atomic mass is 35.5. The van der Waals surface area contributed by atoms with E-state index in [9.17, 15) is 19.5 Å². The van der Waals surface area contributed by atoms with Crippen LogP contribution < -0.4 is 5.56 Å². The normalized spacial score (nSPS) is 19.5. The number of rotatable bonds is 4. The fourth-order valence-electron chi connectivity index (χ4n) is 3.71. The number of aromatic nitrogens is 2. The zero-order valence-electron chi connectivity index (χ0n) is 18.2. The third-order valence-corrected chi connectivity index (χ3v) is 5.67. The summed E-state index contributed by atoms with van der Waals surface area (Å²) in [5, 5.41) is 11.2. The highest BCUT2D eigenvalue weighted by Crippen LogP contribution is 2.24. The molecular weight excluding hydrogens is 422 g/mol. The van der Waals surface area contributed by atoms with Crippen molar-refractivity contribution in [2.75, 3.05) is 6.54 Å². The molecule has 0 bridgehead atoms. The van der Waals surface area contributed by atoms with E-state index in [4.69, 9.17) is 16.3 Å². The predicted octanol–water partition coefficient (Wildman–Crippen LogP) is 3.08. The van der Waals surface area contributed by atoms with Crippen molar-refractivity contribution in [3.63, 3.8) is 0 Å². The fraction of sp³-hybridized carbons (Fsp3) is 0.545. The molecule has 0 spiro atoms. The van der Waals surface area contributed by atoms with Crippen molar-refractivity contribution in [3.05, 3.63) is 39.4 Å². The van der Waals surface area contributed by atoms with E-state index < -0.39 is 23.8 Å². The van der Waals surface area contributed by atoms with Gasteiger partial charge in [0.25, 0.3) is 5.56 Å². The maximum Gasteiger partial charge on any atom is 0.410 e. The van der Waals surface area contributed by atoms with Crippen molar-refractivity contribution in [2.45, 2.75) is 71.2 Å². The molecule has 0 saturated carbocycles. The van der Waals surface area contributed by atoms with Crippen molar-refractivity contribution in [3.8, 4) is 0 Å². The number of benzene rings is 1. The number of nitrogens with zero attached hydrogens (tertiary/aromatic N) is 3. The van der Waals surface area contributed by atoms with Gasteiger partial charge in [-0.15, -0.1) is 0 Å². The number of halogens is 1. The second-order valence-electron chi connectivity index (χ2n) is 8.99. The van der Waals surface area contributed by atoms with E-state index in [1.807, 2.05) is 6.92 Å². The van der Waals surface area contributed by atoms with Gasteiger partial charge in [-0.3, -0.25) is 14.2 Å². The van der Waals surface area contributed by atoms with Crippen LogP contribution in [0.4, 0.5) is 4.79 Å². The molecule has 1 saturated heterocycles. The van der Waals surface area contributed by atoms with E-state index in [2.05, 4.69) is 4.98 Å². The maximum atomic E-state index is 12.8. The average Bonchev–Trinajstić information content (AvgIpc) is 2.66. The van der Waals surface area contributed by atoms with Crippen LogP contribution in [-0.2, 0) is 16.1 Å². The molecule has 1 fully saturated rings. The summed E-state index contributed by atoms with van der Waals surface area (Å²) in [5.41, 5.74) is 0.267. The number of hydrogen-bond acceptors (Lipinski definition) is 6. The summed E-state index contributed by atoms with van der Waals surface area (Å²) in [6.07, 6.45) is 0.974. The molecule has 168 valence electrons. The molecule has 0 unspecified atom stereocenters. The van der Waals surface area contributed by atoms with Crippen molar-refractivity contribution in [1.82, 2.24) is 14.5 Å². The minimum Gasteiger partial charge on any atom is -0.444 e. The van der Waals surface area contributed by atoms with Crippen LogP contribution in [0.2, 0.25) is 5.02 Å². The van der Waals surface area contributed by atoms with Crippen LogP contribution in [0, 0.1) is 6.92 Å². The number of Topliss-reactive ketones (excluding diaryl/α,β-unsaturated/α-hetero) is 1. The van der Waals surface area contributed by atoms with Crippen molar-refractivity contribution in [2.24, 2.45) is 0 Å². The summed E-state index contributed by atoms with van der Waals surface area (Å²) >= 11 is 6.13. The number of likely N-dealkylation sites (tertiary alicyclic amines) is 1. The number of piperidine rings is 1. The minimum absolute atomic E-state index is 0.0838. The summed E-state index contributed by atoms with van der Waals surface area (Å²) < 4.78 is 6.66. The number of ketones is 1. The molecular formula is C22H28ClN3O5. The molecule has 9 heteroatoms. The highest BCUT2D eigenvalue weighted by molar-refractivity contribution is 6.32. The number of carbonyl (C=O) groups is 2. The van der Waals surface area contributed by atoms with Gasteiger partial charge in [-0.1, -0.05) is 11.6 Å². The Morgan fingerprint density at radius 1 is 1.32 bits per heavy atom. The first-order valence-corrected chi connectivity index (χ1v) is 10.7. The molecule has 8 nitrogen and oxygen atoms in total. The van der Waals surface area contributed by atoms with Crippen molar-refractivity contribution < 1.29 is 19.4 Å². The summed E-state index contributed by atoms with van der Waals surface area (Å²) in [6, 6.07) is 2.58.